The normalized spacial score (nSPS) is 29.3. The minimum atomic E-state index is 0.220. The van der Waals surface area contributed by atoms with Gasteiger partial charge in [0.2, 0.25) is 5.91 Å². The van der Waals surface area contributed by atoms with Crippen molar-refractivity contribution in [1.82, 2.24) is 0 Å². The van der Waals surface area contributed by atoms with Crippen molar-refractivity contribution in [3.63, 3.8) is 0 Å². The van der Waals surface area contributed by atoms with Crippen molar-refractivity contribution in [1.29, 1.82) is 0 Å². The Kier molecular flexibility index (Phi) is 3.79. The first-order valence-corrected chi connectivity index (χ1v) is 7.81. The maximum atomic E-state index is 12.6. The number of anilines is 1. The van der Waals surface area contributed by atoms with Gasteiger partial charge in [-0.25, -0.2) is 0 Å². The van der Waals surface area contributed by atoms with Crippen LogP contribution in [-0.4, -0.2) is 18.5 Å². The lowest BCUT2D eigenvalue weighted by molar-refractivity contribution is -0.119. The molecular weight excluding hydrogens is 248 g/mol. The molecule has 0 saturated heterocycles. The van der Waals surface area contributed by atoms with Gasteiger partial charge in [0.25, 0.3) is 0 Å². The standard InChI is InChI=1S/C17H24N2O/c1-12-9-10-19(16-8-3-2-6-14(12)16)17(20)11-13-5-4-7-15(13)18/h2-3,6,8,12-13,15H,4-5,7,9-11,18H2,1H3/t12?,13-,15+/m0/s1. The third-order valence-corrected chi connectivity index (χ3v) is 5.00. The average Bonchev–Trinajstić information content (AvgIpc) is 2.85. The highest BCUT2D eigenvalue weighted by molar-refractivity contribution is 5.94. The Morgan fingerprint density at radius 1 is 1.30 bits per heavy atom. The quantitative estimate of drug-likeness (QED) is 0.899. The predicted molar refractivity (Wildman–Crippen MR) is 81.8 cm³/mol. The number of nitrogens with zero attached hydrogens (tertiary/aromatic N) is 1. The molecule has 1 fully saturated rings. The number of hydrogen-bond donors (Lipinski definition) is 1. The van der Waals surface area contributed by atoms with Crippen molar-refractivity contribution in [3.05, 3.63) is 29.8 Å². The monoisotopic (exact) mass is 272 g/mol. The van der Waals surface area contributed by atoms with Gasteiger partial charge in [0.1, 0.15) is 0 Å². The largest absolute Gasteiger partial charge is 0.327 e. The third-order valence-electron chi connectivity index (χ3n) is 5.00. The number of carbonyl (C=O) groups excluding carboxylic acids is 1. The van der Waals surface area contributed by atoms with Gasteiger partial charge in [-0.2, -0.15) is 0 Å². The Bertz CT molecular complexity index is 500. The zero-order chi connectivity index (χ0) is 14.1. The fourth-order valence-electron chi connectivity index (χ4n) is 3.66. The summed E-state index contributed by atoms with van der Waals surface area (Å²) in [5.41, 5.74) is 8.52. The van der Waals surface area contributed by atoms with Crippen molar-refractivity contribution >= 4 is 11.6 Å². The van der Waals surface area contributed by atoms with E-state index in [0.717, 1.165) is 31.5 Å². The molecule has 3 rings (SSSR count). The molecule has 108 valence electrons. The minimum absolute atomic E-state index is 0.220. The van der Waals surface area contributed by atoms with E-state index in [1.54, 1.807) is 0 Å². The first-order valence-electron chi connectivity index (χ1n) is 7.81. The van der Waals surface area contributed by atoms with Gasteiger partial charge in [0.15, 0.2) is 0 Å². The summed E-state index contributed by atoms with van der Waals surface area (Å²) in [4.78, 5) is 14.6. The molecule has 1 aliphatic heterocycles. The van der Waals surface area contributed by atoms with Gasteiger partial charge >= 0.3 is 0 Å². The van der Waals surface area contributed by atoms with Crippen molar-refractivity contribution < 1.29 is 4.79 Å². The number of rotatable bonds is 2. The van der Waals surface area contributed by atoms with Crippen molar-refractivity contribution in [2.24, 2.45) is 11.7 Å². The van der Waals surface area contributed by atoms with E-state index in [0.29, 0.717) is 18.3 Å². The van der Waals surface area contributed by atoms with Gasteiger partial charge in [-0.05, 0) is 42.7 Å². The second-order valence-electron chi connectivity index (χ2n) is 6.35. The Morgan fingerprint density at radius 3 is 2.85 bits per heavy atom. The maximum Gasteiger partial charge on any atom is 0.227 e. The summed E-state index contributed by atoms with van der Waals surface area (Å²) in [5, 5.41) is 0. The van der Waals surface area contributed by atoms with Crippen molar-refractivity contribution in [3.8, 4) is 0 Å². The molecule has 1 heterocycles. The lowest BCUT2D eigenvalue weighted by Gasteiger charge is -2.33. The van der Waals surface area contributed by atoms with E-state index in [9.17, 15) is 4.79 Å². The second kappa shape index (κ2) is 5.57. The highest BCUT2D eigenvalue weighted by atomic mass is 16.2. The Balaban J connectivity index is 1.77. The first kappa shape index (κ1) is 13.6. The molecule has 1 saturated carbocycles. The van der Waals surface area contributed by atoms with Crippen LogP contribution in [0.25, 0.3) is 0 Å². The lowest BCUT2D eigenvalue weighted by atomic mass is 9.90. The highest BCUT2D eigenvalue weighted by Gasteiger charge is 2.31. The highest BCUT2D eigenvalue weighted by Crippen LogP contribution is 2.36. The fourth-order valence-corrected chi connectivity index (χ4v) is 3.66. The summed E-state index contributed by atoms with van der Waals surface area (Å²) in [6.45, 7) is 3.09. The average molecular weight is 272 g/mol. The number of hydrogen-bond acceptors (Lipinski definition) is 2. The van der Waals surface area contributed by atoms with Gasteiger partial charge in [0.05, 0.1) is 0 Å². The zero-order valence-electron chi connectivity index (χ0n) is 12.2. The van der Waals surface area contributed by atoms with Gasteiger partial charge in [0, 0.05) is 24.7 Å². The molecule has 0 radical (unpaired) electrons. The molecule has 1 aliphatic carbocycles. The summed E-state index contributed by atoms with van der Waals surface area (Å²) in [5.74, 6) is 1.18. The molecule has 1 unspecified atom stereocenters. The van der Waals surface area contributed by atoms with Gasteiger partial charge in [-0.3, -0.25) is 4.79 Å². The number of amides is 1. The van der Waals surface area contributed by atoms with E-state index in [2.05, 4.69) is 25.1 Å². The molecule has 3 atom stereocenters. The van der Waals surface area contributed by atoms with Crippen LogP contribution in [0.15, 0.2) is 24.3 Å². The van der Waals surface area contributed by atoms with Crippen LogP contribution in [0.1, 0.15) is 50.5 Å². The summed E-state index contributed by atoms with van der Waals surface area (Å²) >= 11 is 0. The number of nitrogens with two attached hydrogens (primary N) is 1. The lowest BCUT2D eigenvalue weighted by Crippen LogP contribution is -2.39. The van der Waals surface area contributed by atoms with Gasteiger partial charge < -0.3 is 10.6 Å². The van der Waals surface area contributed by atoms with Crippen LogP contribution >= 0.6 is 0 Å². The summed E-state index contributed by atoms with van der Waals surface area (Å²) in [6, 6.07) is 8.55. The first-order chi connectivity index (χ1) is 9.66. The molecule has 0 aromatic heterocycles. The van der Waals surface area contributed by atoms with Crippen LogP contribution in [0.2, 0.25) is 0 Å². The van der Waals surface area contributed by atoms with Gasteiger partial charge in [-0.15, -0.1) is 0 Å². The number of para-hydroxylation sites is 1. The van der Waals surface area contributed by atoms with E-state index in [-0.39, 0.29) is 11.9 Å². The van der Waals surface area contributed by atoms with Crippen LogP contribution in [-0.2, 0) is 4.79 Å². The molecule has 1 amide bonds. The minimum Gasteiger partial charge on any atom is -0.327 e. The van der Waals surface area contributed by atoms with Crippen LogP contribution in [0, 0.1) is 5.92 Å². The Hall–Kier alpha value is -1.35. The molecule has 0 spiro atoms. The SMILES string of the molecule is CC1CCN(C(=O)C[C@@H]2CCC[C@H]2N)c2ccccc21. The van der Waals surface area contributed by atoms with E-state index in [1.807, 2.05) is 11.0 Å². The molecule has 1 aromatic carbocycles. The van der Waals surface area contributed by atoms with Crippen LogP contribution < -0.4 is 10.6 Å². The summed E-state index contributed by atoms with van der Waals surface area (Å²) in [7, 11) is 0. The van der Waals surface area contributed by atoms with Crippen LogP contribution in [0.4, 0.5) is 5.69 Å². The second-order valence-corrected chi connectivity index (χ2v) is 6.35. The number of carbonyl (C=O) groups is 1. The molecule has 2 N–H and O–H groups in total. The molecule has 1 aromatic rings. The summed E-state index contributed by atoms with van der Waals surface area (Å²) in [6.07, 6.45) is 5.03. The summed E-state index contributed by atoms with van der Waals surface area (Å²) < 4.78 is 0. The fraction of sp³-hybridized carbons (Fsp3) is 0.588. The number of fused-ring (bicyclic) bond motifs is 1. The van der Waals surface area contributed by atoms with Crippen LogP contribution in [0.5, 0.6) is 0 Å². The molecule has 20 heavy (non-hydrogen) atoms. The zero-order valence-corrected chi connectivity index (χ0v) is 12.2. The topological polar surface area (TPSA) is 46.3 Å². The van der Waals surface area contributed by atoms with Crippen molar-refractivity contribution in [2.45, 2.75) is 51.0 Å². The molecule has 3 nitrogen and oxygen atoms in total. The Labute approximate surface area is 121 Å². The molecular formula is C17H24N2O. The van der Waals surface area contributed by atoms with Crippen LogP contribution in [0.3, 0.4) is 0 Å². The van der Waals surface area contributed by atoms with E-state index >= 15 is 0 Å². The maximum absolute atomic E-state index is 12.6. The Morgan fingerprint density at radius 2 is 2.10 bits per heavy atom. The molecule has 0 bridgehead atoms. The molecule has 3 heteroatoms. The smallest absolute Gasteiger partial charge is 0.227 e. The molecule has 2 aliphatic rings. The number of benzene rings is 1. The van der Waals surface area contributed by atoms with E-state index < -0.39 is 0 Å². The van der Waals surface area contributed by atoms with E-state index in [1.165, 1.54) is 12.0 Å². The third kappa shape index (κ3) is 2.47. The van der Waals surface area contributed by atoms with Crippen molar-refractivity contribution in [2.75, 3.05) is 11.4 Å². The van der Waals surface area contributed by atoms with E-state index in [4.69, 9.17) is 5.73 Å². The van der Waals surface area contributed by atoms with Gasteiger partial charge in [-0.1, -0.05) is 31.5 Å². The predicted octanol–water partition coefficient (Wildman–Crippen LogP) is 3.04.